The molecule has 0 spiro atoms. The number of Topliss-reactive ketones (excluding diaryl/α,β-unsaturated/α-hetero) is 1. The van der Waals surface area contributed by atoms with E-state index in [1.807, 2.05) is 84.9 Å². The molecule has 4 rings (SSSR count). The molecule has 226 valence electrons. The molecule has 0 unspecified atom stereocenters. The molecule has 1 heterocycles. The Hall–Kier alpha value is -4.58. The van der Waals surface area contributed by atoms with E-state index in [1.54, 1.807) is 0 Å². The molecule has 11 heteroatoms. The van der Waals surface area contributed by atoms with Gasteiger partial charge >= 0.3 is 0 Å². The summed E-state index contributed by atoms with van der Waals surface area (Å²) in [5.74, 6) is 1.91. The van der Waals surface area contributed by atoms with E-state index in [-0.39, 0.29) is 12.4 Å². The van der Waals surface area contributed by atoms with Crippen LogP contribution >= 0.6 is 0 Å². The fourth-order valence-electron chi connectivity index (χ4n) is 3.92. The Morgan fingerprint density at radius 1 is 0.698 bits per heavy atom. The van der Waals surface area contributed by atoms with Gasteiger partial charge in [0, 0.05) is 37.4 Å². The van der Waals surface area contributed by atoms with Gasteiger partial charge in [-0.05, 0) is 36.2 Å². The summed E-state index contributed by atoms with van der Waals surface area (Å²) in [4.78, 5) is 25.3. The number of nitrogens with zero attached hydrogens (tertiary/aromatic N) is 3. The lowest BCUT2D eigenvalue weighted by Crippen LogP contribution is -2.16. The van der Waals surface area contributed by atoms with Crippen LogP contribution in [0, 0.1) is 0 Å². The van der Waals surface area contributed by atoms with Crippen molar-refractivity contribution in [3.63, 3.8) is 0 Å². The van der Waals surface area contributed by atoms with E-state index in [9.17, 15) is 9.90 Å². The minimum absolute atomic E-state index is 0.0547. The molecule has 0 bridgehead atoms. The highest BCUT2D eigenvalue weighted by Crippen LogP contribution is 2.20. The standard InChI is InChI=1S/C32H38N6O5/c39-19-17-33-30-36-31(34-18-21-42-23-22-41-20-7-12-29(40)26-10-5-2-6-11-26)38-32(37-30)35-27-13-15-28(16-14-27)43-24-25-8-3-1-4-9-25/h1-6,8-11,13-16,39H,7,12,17-24H2,(H3,33,34,35,36,37,38). The molecule has 0 aliphatic rings. The second-order valence-electron chi connectivity index (χ2n) is 9.42. The number of hydrogen-bond donors (Lipinski definition) is 4. The van der Waals surface area contributed by atoms with E-state index in [0.717, 1.165) is 22.6 Å². The maximum absolute atomic E-state index is 12.1. The molecule has 0 fully saturated rings. The fraction of sp³-hybridized carbons (Fsp3) is 0.312. The molecule has 3 aromatic carbocycles. The molecule has 0 atom stereocenters. The molecule has 0 saturated carbocycles. The predicted octanol–water partition coefficient (Wildman–Crippen LogP) is 4.71. The lowest BCUT2D eigenvalue weighted by molar-refractivity contribution is 0.0497. The third-order valence-electron chi connectivity index (χ3n) is 6.08. The van der Waals surface area contributed by atoms with Crippen LogP contribution in [0.25, 0.3) is 0 Å². The number of aliphatic hydroxyl groups is 1. The molecule has 0 saturated heterocycles. The lowest BCUT2D eigenvalue weighted by atomic mass is 10.1. The highest BCUT2D eigenvalue weighted by atomic mass is 16.5. The Labute approximate surface area is 251 Å². The number of carbonyl (C=O) groups excluding carboxylic acids is 1. The monoisotopic (exact) mass is 586 g/mol. The third kappa shape index (κ3) is 11.7. The molecule has 0 aliphatic heterocycles. The highest BCUT2D eigenvalue weighted by Gasteiger charge is 2.08. The van der Waals surface area contributed by atoms with E-state index >= 15 is 0 Å². The second-order valence-corrected chi connectivity index (χ2v) is 9.42. The van der Waals surface area contributed by atoms with Gasteiger partial charge in [0.05, 0.1) is 26.4 Å². The number of aromatic nitrogens is 3. The number of nitrogens with one attached hydrogen (secondary N) is 3. The normalized spacial score (nSPS) is 10.7. The number of aliphatic hydroxyl groups excluding tert-OH is 1. The smallest absolute Gasteiger partial charge is 0.233 e. The molecule has 11 nitrogen and oxygen atoms in total. The fourth-order valence-corrected chi connectivity index (χ4v) is 3.92. The van der Waals surface area contributed by atoms with Crippen molar-refractivity contribution in [2.45, 2.75) is 19.4 Å². The second kappa shape index (κ2) is 18.1. The first kappa shape index (κ1) is 31.4. The molecule has 1 aromatic heterocycles. The van der Waals surface area contributed by atoms with Crippen LogP contribution in [0.3, 0.4) is 0 Å². The van der Waals surface area contributed by atoms with Crippen LogP contribution < -0.4 is 20.7 Å². The predicted molar refractivity (Wildman–Crippen MR) is 166 cm³/mol. The van der Waals surface area contributed by atoms with Crippen LogP contribution in [0.5, 0.6) is 5.75 Å². The summed E-state index contributed by atoms with van der Waals surface area (Å²) in [6.45, 7) is 3.03. The summed E-state index contributed by atoms with van der Waals surface area (Å²) < 4.78 is 17.1. The molecular weight excluding hydrogens is 548 g/mol. The van der Waals surface area contributed by atoms with Gasteiger partial charge in [-0.1, -0.05) is 60.7 Å². The quantitative estimate of drug-likeness (QED) is 0.0846. The zero-order valence-corrected chi connectivity index (χ0v) is 24.1. The van der Waals surface area contributed by atoms with Crippen molar-refractivity contribution in [1.82, 2.24) is 15.0 Å². The van der Waals surface area contributed by atoms with Gasteiger partial charge in [0.1, 0.15) is 12.4 Å². The van der Waals surface area contributed by atoms with E-state index in [0.29, 0.717) is 76.8 Å². The zero-order valence-electron chi connectivity index (χ0n) is 24.1. The first-order chi connectivity index (χ1) is 21.2. The van der Waals surface area contributed by atoms with Gasteiger partial charge in [0.15, 0.2) is 5.78 Å². The van der Waals surface area contributed by atoms with Crippen LogP contribution in [0.1, 0.15) is 28.8 Å². The van der Waals surface area contributed by atoms with Crippen molar-refractivity contribution >= 4 is 29.3 Å². The summed E-state index contributed by atoms with van der Waals surface area (Å²) >= 11 is 0. The van der Waals surface area contributed by atoms with Crippen LogP contribution in [-0.4, -0.2) is 72.0 Å². The van der Waals surface area contributed by atoms with E-state index in [4.69, 9.17) is 14.2 Å². The largest absolute Gasteiger partial charge is 0.489 e. The maximum atomic E-state index is 12.1. The average molecular weight is 587 g/mol. The van der Waals surface area contributed by atoms with Crippen molar-refractivity contribution < 1.29 is 24.1 Å². The van der Waals surface area contributed by atoms with Crippen LogP contribution in [0.2, 0.25) is 0 Å². The van der Waals surface area contributed by atoms with Gasteiger partial charge in [0.2, 0.25) is 17.8 Å². The molecular formula is C32H38N6O5. The average Bonchev–Trinajstić information content (AvgIpc) is 3.05. The summed E-state index contributed by atoms with van der Waals surface area (Å²) in [5, 5.41) is 18.5. The van der Waals surface area contributed by atoms with Crippen molar-refractivity contribution in [3.05, 3.63) is 96.1 Å². The highest BCUT2D eigenvalue weighted by molar-refractivity contribution is 5.95. The summed E-state index contributed by atoms with van der Waals surface area (Å²) in [5.41, 5.74) is 2.61. The van der Waals surface area contributed by atoms with Crippen molar-refractivity contribution in [3.8, 4) is 5.75 Å². The Kier molecular flexibility index (Phi) is 13.2. The van der Waals surface area contributed by atoms with Gasteiger partial charge in [-0.15, -0.1) is 0 Å². The topological polar surface area (TPSA) is 140 Å². The maximum Gasteiger partial charge on any atom is 0.233 e. The van der Waals surface area contributed by atoms with Gasteiger partial charge in [-0.2, -0.15) is 15.0 Å². The van der Waals surface area contributed by atoms with Crippen molar-refractivity contribution in [1.29, 1.82) is 0 Å². The number of ether oxygens (including phenoxy) is 3. The van der Waals surface area contributed by atoms with Crippen LogP contribution in [0.15, 0.2) is 84.9 Å². The summed E-state index contributed by atoms with van der Waals surface area (Å²) in [6.07, 6.45) is 1.13. The van der Waals surface area contributed by atoms with Gasteiger partial charge in [-0.3, -0.25) is 4.79 Å². The lowest BCUT2D eigenvalue weighted by Gasteiger charge is -2.12. The van der Waals surface area contributed by atoms with Gasteiger partial charge in [-0.25, -0.2) is 0 Å². The molecule has 0 aliphatic carbocycles. The summed E-state index contributed by atoms with van der Waals surface area (Å²) in [7, 11) is 0. The Morgan fingerprint density at radius 3 is 2.02 bits per heavy atom. The molecule has 4 N–H and O–H groups in total. The van der Waals surface area contributed by atoms with E-state index in [2.05, 4.69) is 30.9 Å². The zero-order chi connectivity index (χ0) is 30.0. The van der Waals surface area contributed by atoms with Crippen LogP contribution in [0.4, 0.5) is 23.5 Å². The molecule has 4 aromatic rings. The van der Waals surface area contributed by atoms with Gasteiger partial charge in [0.25, 0.3) is 0 Å². The SMILES string of the molecule is O=C(CCCOCCOCCNc1nc(NCCO)nc(Nc2ccc(OCc3ccccc3)cc2)n1)c1ccccc1. The minimum atomic E-state index is -0.0547. The first-order valence-electron chi connectivity index (χ1n) is 14.3. The van der Waals surface area contributed by atoms with E-state index < -0.39 is 0 Å². The number of benzene rings is 3. The minimum Gasteiger partial charge on any atom is -0.489 e. The Balaban J connectivity index is 1.15. The summed E-state index contributed by atoms with van der Waals surface area (Å²) in [6, 6.07) is 26.8. The number of ketones is 1. The van der Waals surface area contributed by atoms with Crippen LogP contribution in [-0.2, 0) is 16.1 Å². The van der Waals surface area contributed by atoms with Crippen molar-refractivity contribution in [2.75, 3.05) is 62.1 Å². The molecule has 43 heavy (non-hydrogen) atoms. The number of hydrogen-bond acceptors (Lipinski definition) is 11. The number of rotatable bonds is 20. The number of anilines is 4. The Bertz CT molecular complexity index is 1360. The third-order valence-corrected chi connectivity index (χ3v) is 6.08. The number of carbonyl (C=O) groups is 1. The molecule has 0 radical (unpaired) electrons. The first-order valence-corrected chi connectivity index (χ1v) is 14.3. The van der Waals surface area contributed by atoms with E-state index in [1.165, 1.54) is 0 Å². The van der Waals surface area contributed by atoms with Gasteiger partial charge < -0.3 is 35.3 Å². The Morgan fingerprint density at radius 2 is 1.33 bits per heavy atom. The van der Waals surface area contributed by atoms with Crippen molar-refractivity contribution in [2.24, 2.45) is 0 Å². The molecule has 0 amide bonds.